The molecule has 0 heterocycles. The monoisotopic (exact) mass is 162 g/mol. The van der Waals surface area contributed by atoms with Crippen LogP contribution in [0.5, 0.6) is 0 Å². The maximum absolute atomic E-state index is 5.57. The van der Waals surface area contributed by atoms with Crippen molar-refractivity contribution in [3.63, 3.8) is 0 Å². The summed E-state index contributed by atoms with van der Waals surface area (Å²) in [5.74, 6) is 6.40. The van der Waals surface area contributed by atoms with Crippen LogP contribution in [-0.4, -0.2) is 0 Å². The fourth-order valence-electron chi connectivity index (χ4n) is 2.68. The van der Waals surface area contributed by atoms with Gasteiger partial charge in [0.1, 0.15) is 0 Å². The highest BCUT2D eigenvalue weighted by Gasteiger charge is 2.38. The lowest BCUT2D eigenvalue weighted by Crippen LogP contribution is -2.23. The summed E-state index contributed by atoms with van der Waals surface area (Å²) in [6.07, 6.45) is 12.6. The standard InChI is InChI=1S/C12H18/c1-3-10-8-9(2)4-7-12(10)11-5-6-11/h1,9-12H,4-8H2,2H3/t9-,10-,12-/m1/s1. The van der Waals surface area contributed by atoms with Gasteiger partial charge < -0.3 is 0 Å². The first-order valence-electron chi connectivity index (χ1n) is 5.27. The summed E-state index contributed by atoms with van der Waals surface area (Å²) in [5, 5.41) is 0. The second-order valence-corrected chi connectivity index (χ2v) is 4.69. The summed E-state index contributed by atoms with van der Waals surface area (Å²) < 4.78 is 0. The molecule has 0 aromatic carbocycles. The Morgan fingerprint density at radius 2 is 1.92 bits per heavy atom. The van der Waals surface area contributed by atoms with E-state index in [1.807, 2.05) is 0 Å². The molecule has 0 amide bonds. The van der Waals surface area contributed by atoms with Crippen molar-refractivity contribution in [1.29, 1.82) is 0 Å². The predicted molar refractivity (Wildman–Crippen MR) is 51.6 cm³/mol. The molecule has 2 aliphatic rings. The summed E-state index contributed by atoms with van der Waals surface area (Å²) in [4.78, 5) is 0. The lowest BCUT2D eigenvalue weighted by molar-refractivity contribution is 0.212. The van der Waals surface area contributed by atoms with Crippen LogP contribution in [0.2, 0.25) is 0 Å². The SMILES string of the molecule is C#C[C@@H]1C[C@H](C)CC[C@H]1C1CC1. The van der Waals surface area contributed by atoms with Crippen molar-refractivity contribution in [3.05, 3.63) is 0 Å². The van der Waals surface area contributed by atoms with Crippen LogP contribution in [0, 0.1) is 36.0 Å². The first-order valence-corrected chi connectivity index (χ1v) is 5.27. The van der Waals surface area contributed by atoms with Crippen LogP contribution >= 0.6 is 0 Å². The molecule has 2 saturated carbocycles. The van der Waals surface area contributed by atoms with Crippen LogP contribution in [0.4, 0.5) is 0 Å². The third kappa shape index (κ3) is 1.51. The lowest BCUT2D eigenvalue weighted by atomic mass is 9.73. The number of rotatable bonds is 1. The topological polar surface area (TPSA) is 0 Å². The second kappa shape index (κ2) is 3.13. The minimum atomic E-state index is 0.612. The van der Waals surface area contributed by atoms with E-state index in [1.54, 1.807) is 0 Å². The molecule has 3 atom stereocenters. The number of terminal acetylenes is 1. The van der Waals surface area contributed by atoms with Crippen molar-refractivity contribution in [2.45, 2.75) is 39.0 Å². The van der Waals surface area contributed by atoms with E-state index in [9.17, 15) is 0 Å². The van der Waals surface area contributed by atoms with Gasteiger partial charge in [-0.3, -0.25) is 0 Å². The van der Waals surface area contributed by atoms with Gasteiger partial charge in [-0.15, -0.1) is 12.3 Å². The van der Waals surface area contributed by atoms with Gasteiger partial charge in [0.15, 0.2) is 0 Å². The molecule has 2 rings (SSSR count). The minimum absolute atomic E-state index is 0.612. The molecular weight excluding hydrogens is 144 g/mol. The molecule has 0 aliphatic heterocycles. The van der Waals surface area contributed by atoms with Gasteiger partial charge in [-0.1, -0.05) is 13.3 Å². The largest absolute Gasteiger partial charge is 0.120 e. The summed E-state index contributed by atoms with van der Waals surface area (Å²) in [6.45, 7) is 2.34. The molecule has 0 nitrogen and oxygen atoms in total. The van der Waals surface area contributed by atoms with Crippen molar-refractivity contribution in [1.82, 2.24) is 0 Å². The Morgan fingerprint density at radius 3 is 2.50 bits per heavy atom. The van der Waals surface area contributed by atoms with E-state index in [4.69, 9.17) is 6.42 Å². The molecule has 0 radical (unpaired) electrons. The highest BCUT2D eigenvalue weighted by Crippen LogP contribution is 2.47. The maximum Gasteiger partial charge on any atom is 0.0233 e. The average molecular weight is 162 g/mol. The first kappa shape index (κ1) is 8.17. The molecule has 2 fully saturated rings. The quantitative estimate of drug-likeness (QED) is 0.520. The Bertz CT molecular complexity index is 195. The van der Waals surface area contributed by atoms with Crippen LogP contribution in [-0.2, 0) is 0 Å². The van der Waals surface area contributed by atoms with Crippen molar-refractivity contribution in [3.8, 4) is 12.3 Å². The van der Waals surface area contributed by atoms with E-state index in [1.165, 1.54) is 32.1 Å². The molecule has 0 aromatic heterocycles. The van der Waals surface area contributed by atoms with Crippen molar-refractivity contribution in [2.75, 3.05) is 0 Å². The smallest absolute Gasteiger partial charge is 0.0233 e. The van der Waals surface area contributed by atoms with E-state index < -0.39 is 0 Å². The van der Waals surface area contributed by atoms with Crippen LogP contribution in [0.3, 0.4) is 0 Å². The third-order valence-corrected chi connectivity index (χ3v) is 3.61. The fourth-order valence-corrected chi connectivity index (χ4v) is 2.68. The van der Waals surface area contributed by atoms with E-state index >= 15 is 0 Å². The normalized spacial score (nSPS) is 42.2. The van der Waals surface area contributed by atoms with Gasteiger partial charge >= 0.3 is 0 Å². The minimum Gasteiger partial charge on any atom is -0.120 e. The number of hydrogen-bond donors (Lipinski definition) is 0. The fraction of sp³-hybridized carbons (Fsp3) is 0.833. The van der Waals surface area contributed by atoms with Crippen molar-refractivity contribution < 1.29 is 0 Å². The number of hydrogen-bond acceptors (Lipinski definition) is 0. The molecular formula is C12H18. The molecule has 0 saturated heterocycles. The highest BCUT2D eigenvalue weighted by molar-refractivity contribution is 5.02. The molecule has 0 unspecified atom stereocenters. The van der Waals surface area contributed by atoms with E-state index in [0.29, 0.717) is 5.92 Å². The first-order chi connectivity index (χ1) is 5.81. The van der Waals surface area contributed by atoms with Gasteiger partial charge in [0, 0.05) is 5.92 Å². The van der Waals surface area contributed by atoms with Gasteiger partial charge in [-0.2, -0.15) is 0 Å². The molecule has 66 valence electrons. The second-order valence-electron chi connectivity index (χ2n) is 4.69. The van der Waals surface area contributed by atoms with Gasteiger partial charge in [-0.25, -0.2) is 0 Å². The van der Waals surface area contributed by atoms with E-state index in [-0.39, 0.29) is 0 Å². The van der Waals surface area contributed by atoms with Gasteiger partial charge in [0.2, 0.25) is 0 Å². The van der Waals surface area contributed by atoms with E-state index in [2.05, 4.69) is 12.8 Å². The molecule has 0 N–H and O–H groups in total. The Labute approximate surface area is 75.7 Å². The van der Waals surface area contributed by atoms with E-state index in [0.717, 1.165) is 17.8 Å². The highest BCUT2D eigenvalue weighted by atomic mass is 14.4. The Morgan fingerprint density at radius 1 is 1.17 bits per heavy atom. The van der Waals surface area contributed by atoms with Crippen LogP contribution in [0.15, 0.2) is 0 Å². The molecule has 12 heavy (non-hydrogen) atoms. The Kier molecular flexibility index (Phi) is 2.13. The summed E-state index contributed by atoms with van der Waals surface area (Å²) in [5.41, 5.74) is 0. The van der Waals surface area contributed by atoms with Crippen molar-refractivity contribution in [2.24, 2.45) is 23.7 Å². The zero-order valence-electron chi connectivity index (χ0n) is 7.92. The Balaban J connectivity index is 1.98. The molecule has 0 spiro atoms. The zero-order chi connectivity index (χ0) is 8.55. The van der Waals surface area contributed by atoms with Gasteiger partial charge in [0.05, 0.1) is 0 Å². The summed E-state index contributed by atoms with van der Waals surface area (Å²) in [6, 6.07) is 0. The van der Waals surface area contributed by atoms with Crippen molar-refractivity contribution >= 4 is 0 Å². The summed E-state index contributed by atoms with van der Waals surface area (Å²) >= 11 is 0. The predicted octanol–water partition coefficient (Wildman–Crippen LogP) is 3.08. The van der Waals surface area contributed by atoms with Gasteiger partial charge in [-0.05, 0) is 43.4 Å². The van der Waals surface area contributed by atoms with Crippen LogP contribution in [0.1, 0.15) is 39.0 Å². The zero-order valence-corrected chi connectivity index (χ0v) is 7.92. The molecule has 2 aliphatic carbocycles. The molecule has 0 bridgehead atoms. The van der Waals surface area contributed by atoms with Gasteiger partial charge in [0.25, 0.3) is 0 Å². The van der Waals surface area contributed by atoms with Crippen LogP contribution in [0.25, 0.3) is 0 Å². The summed E-state index contributed by atoms with van der Waals surface area (Å²) in [7, 11) is 0. The Hall–Kier alpha value is -0.440. The lowest BCUT2D eigenvalue weighted by Gasteiger charge is -2.31. The molecule has 0 heteroatoms. The van der Waals surface area contributed by atoms with Crippen LogP contribution < -0.4 is 0 Å². The third-order valence-electron chi connectivity index (χ3n) is 3.61. The average Bonchev–Trinajstić information content (AvgIpc) is 2.87. The maximum atomic E-state index is 5.57. The molecule has 0 aromatic rings.